The molecule has 6 heteroatoms. The number of nitrogens with two attached hydrogens (primary N) is 1. The van der Waals surface area contributed by atoms with Gasteiger partial charge in [-0.1, -0.05) is 22.8 Å². The van der Waals surface area contributed by atoms with Gasteiger partial charge < -0.3 is 10.3 Å². The van der Waals surface area contributed by atoms with Crippen LogP contribution in [-0.2, 0) is 0 Å². The first kappa shape index (κ1) is 13.0. The van der Waals surface area contributed by atoms with Crippen molar-refractivity contribution in [3.63, 3.8) is 0 Å². The second-order valence-electron chi connectivity index (χ2n) is 3.87. The summed E-state index contributed by atoms with van der Waals surface area (Å²) in [6.07, 6.45) is 0. The number of aromatic nitrogens is 1. The van der Waals surface area contributed by atoms with Gasteiger partial charge in [0.05, 0.1) is 5.56 Å². The van der Waals surface area contributed by atoms with Gasteiger partial charge in [0.1, 0.15) is 0 Å². The normalized spacial score (nSPS) is 10.8. The quantitative estimate of drug-likeness (QED) is 0.620. The molecule has 0 aliphatic carbocycles. The largest absolute Gasteiger partial charge is 0.380 e. The van der Waals surface area contributed by atoms with Crippen molar-refractivity contribution < 1.29 is 4.52 Å². The van der Waals surface area contributed by atoms with E-state index < -0.39 is 0 Å². The highest BCUT2D eigenvalue weighted by atomic mass is 127. The van der Waals surface area contributed by atoms with Gasteiger partial charge in [-0.2, -0.15) is 0 Å². The van der Waals surface area contributed by atoms with Crippen LogP contribution in [-0.4, -0.2) is 5.16 Å². The molecule has 96 valence electrons. The fourth-order valence-electron chi connectivity index (χ4n) is 1.82. The fourth-order valence-corrected chi connectivity index (χ4v) is 3.35. The van der Waals surface area contributed by atoms with Crippen molar-refractivity contribution in [3.05, 3.63) is 44.3 Å². The lowest BCUT2D eigenvalue weighted by Crippen LogP contribution is -1.88. The molecule has 0 unspecified atom stereocenters. The van der Waals surface area contributed by atoms with Crippen LogP contribution in [0.5, 0.6) is 0 Å². The maximum absolute atomic E-state index is 6.06. The van der Waals surface area contributed by atoms with E-state index in [1.807, 2.05) is 35.7 Å². The van der Waals surface area contributed by atoms with Crippen LogP contribution in [0.25, 0.3) is 21.8 Å². The predicted octanol–water partition coefficient (Wildman–Crippen LogP) is 4.91. The van der Waals surface area contributed by atoms with Gasteiger partial charge in [0.2, 0.25) is 0 Å². The van der Waals surface area contributed by atoms with E-state index in [-0.39, 0.29) is 0 Å². The van der Waals surface area contributed by atoms with E-state index in [9.17, 15) is 0 Å². The van der Waals surface area contributed by atoms with E-state index in [0.29, 0.717) is 16.6 Å². The average molecular weight is 403 g/mol. The van der Waals surface area contributed by atoms with Gasteiger partial charge in [-0.15, -0.1) is 11.3 Å². The van der Waals surface area contributed by atoms with E-state index in [0.717, 1.165) is 19.6 Å². The minimum absolute atomic E-state index is 0.397. The molecule has 3 rings (SSSR count). The summed E-state index contributed by atoms with van der Waals surface area (Å²) < 4.78 is 6.45. The third-order valence-corrected chi connectivity index (χ3v) is 4.72. The highest BCUT2D eigenvalue weighted by Gasteiger charge is 2.20. The molecule has 1 aromatic carbocycles. The number of thiophene rings is 1. The van der Waals surface area contributed by atoms with Crippen LogP contribution in [0.15, 0.2) is 40.2 Å². The molecule has 0 fully saturated rings. The SMILES string of the molecule is Nc1noc(-c2cc(Cl)ccc2I)c1-c1cccs1. The van der Waals surface area contributed by atoms with E-state index in [1.165, 1.54) is 0 Å². The standard InChI is InChI=1S/C13H8ClIN2OS/c14-7-3-4-9(15)8(6-7)12-11(13(16)17-18-12)10-2-1-5-19-10/h1-6H,(H2,16,17). The lowest BCUT2D eigenvalue weighted by Gasteiger charge is -2.03. The van der Waals surface area contributed by atoms with Crippen molar-refractivity contribution in [1.82, 2.24) is 5.16 Å². The van der Waals surface area contributed by atoms with E-state index in [4.69, 9.17) is 21.9 Å². The molecule has 19 heavy (non-hydrogen) atoms. The van der Waals surface area contributed by atoms with Gasteiger partial charge >= 0.3 is 0 Å². The summed E-state index contributed by atoms with van der Waals surface area (Å²) in [5, 5.41) is 6.53. The lowest BCUT2D eigenvalue weighted by molar-refractivity contribution is 0.436. The number of nitrogen functional groups attached to an aromatic ring is 1. The van der Waals surface area contributed by atoms with Crippen LogP contribution in [0.3, 0.4) is 0 Å². The number of hydrogen-bond donors (Lipinski definition) is 1. The Kier molecular flexibility index (Phi) is 3.51. The fraction of sp³-hybridized carbons (Fsp3) is 0. The third-order valence-electron chi connectivity index (χ3n) is 2.66. The summed E-state index contributed by atoms with van der Waals surface area (Å²) in [6.45, 7) is 0. The van der Waals surface area contributed by atoms with E-state index in [2.05, 4.69) is 27.7 Å². The smallest absolute Gasteiger partial charge is 0.178 e. The Morgan fingerprint density at radius 3 is 2.89 bits per heavy atom. The zero-order valence-electron chi connectivity index (χ0n) is 9.56. The van der Waals surface area contributed by atoms with Crippen LogP contribution in [0.1, 0.15) is 0 Å². The number of anilines is 1. The highest BCUT2D eigenvalue weighted by Crippen LogP contribution is 2.40. The van der Waals surface area contributed by atoms with Crippen molar-refractivity contribution in [2.75, 3.05) is 5.73 Å². The van der Waals surface area contributed by atoms with Crippen molar-refractivity contribution in [3.8, 4) is 21.8 Å². The molecule has 2 heterocycles. The Morgan fingerprint density at radius 2 is 2.16 bits per heavy atom. The summed E-state index contributed by atoms with van der Waals surface area (Å²) in [5.41, 5.74) is 7.66. The minimum atomic E-state index is 0.397. The van der Waals surface area contributed by atoms with Crippen LogP contribution in [0, 0.1) is 3.57 Å². The summed E-state index contributed by atoms with van der Waals surface area (Å²) in [6, 6.07) is 9.61. The first-order valence-corrected chi connectivity index (χ1v) is 7.75. The van der Waals surface area contributed by atoms with Crippen molar-refractivity contribution in [1.29, 1.82) is 0 Å². The lowest BCUT2D eigenvalue weighted by atomic mass is 10.1. The Balaban J connectivity index is 2.24. The van der Waals surface area contributed by atoms with Gasteiger partial charge in [-0.05, 0) is 52.2 Å². The number of halogens is 2. The summed E-state index contributed by atoms with van der Waals surface area (Å²) in [4.78, 5) is 1.03. The molecule has 0 spiro atoms. The molecule has 2 N–H and O–H groups in total. The van der Waals surface area contributed by atoms with Crippen molar-refractivity contribution in [2.45, 2.75) is 0 Å². The van der Waals surface area contributed by atoms with Gasteiger partial charge in [0.15, 0.2) is 11.6 Å². The Labute approximate surface area is 132 Å². The van der Waals surface area contributed by atoms with E-state index >= 15 is 0 Å². The van der Waals surface area contributed by atoms with Gasteiger partial charge in [0, 0.05) is 19.0 Å². The molecular weight excluding hydrogens is 395 g/mol. The molecule has 0 radical (unpaired) electrons. The number of benzene rings is 1. The summed E-state index contributed by atoms with van der Waals surface area (Å²) >= 11 is 9.90. The maximum atomic E-state index is 6.06. The first-order valence-electron chi connectivity index (χ1n) is 5.41. The summed E-state index contributed by atoms with van der Waals surface area (Å²) in [7, 11) is 0. The van der Waals surface area contributed by atoms with Crippen LogP contribution >= 0.6 is 45.5 Å². The highest BCUT2D eigenvalue weighted by molar-refractivity contribution is 14.1. The monoisotopic (exact) mass is 402 g/mol. The maximum Gasteiger partial charge on any atom is 0.178 e. The second-order valence-corrected chi connectivity index (χ2v) is 6.42. The Bertz CT molecular complexity index is 724. The number of rotatable bonds is 2. The molecule has 0 aliphatic rings. The zero-order chi connectivity index (χ0) is 13.4. The van der Waals surface area contributed by atoms with Crippen molar-refractivity contribution >= 4 is 51.3 Å². The van der Waals surface area contributed by atoms with Gasteiger partial charge in [0.25, 0.3) is 0 Å². The van der Waals surface area contributed by atoms with E-state index in [1.54, 1.807) is 11.3 Å². The zero-order valence-corrected chi connectivity index (χ0v) is 13.3. The molecule has 0 saturated heterocycles. The van der Waals surface area contributed by atoms with Crippen LogP contribution < -0.4 is 5.73 Å². The molecule has 3 nitrogen and oxygen atoms in total. The Hall–Kier alpha value is -1.05. The molecule has 0 aliphatic heterocycles. The number of hydrogen-bond acceptors (Lipinski definition) is 4. The second kappa shape index (κ2) is 5.15. The predicted molar refractivity (Wildman–Crippen MR) is 87.4 cm³/mol. The first-order chi connectivity index (χ1) is 9.16. The van der Waals surface area contributed by atoms with Gasteiger partial charge in [-0.3, -0.25) is 0 Å². The minimum Gasteiger partial charge on any atom is -0.380 e. The molecular formula is C13H8ClIN2OS. The average Bonchev–Trinajstić information content (AvgIpc) is 3.01. The summed E-state index contributed by atoms with van der Waals surface area (Å²) in [5.74, 6) is 1.06. The third kappa shape index (κ3) is 2.37. The number of nitrogens with zero attached hydrogens (tertiary/aromatic N) is 1. The topological polar surface area (TPSA) is 52.0 Å². The Morgan fingerprint density at radius 1 is 1.32 bits per heavy atom. The molecule has 0 bridgehead atoms. The molecule has 3 aromatic rings. The van der Waals surface area contributed by atoms with Crippen LogP contribution in [0.2, 0.25) is 5.02 Å². The van der Waals surface area contributed by atoms with Crippen molar-refractivity contribution in [2.24, 2.45) is 0 Å². The molecule has 0 saturated carbocycles. The van der Waals surface area contributed by atoms with Crippen LogP contribution in [0.4, 0.5) is 5.82 Å². The van der Waals surface area contributed by atoms with Gasteiger partial charge in [-0.25, -0.2) is 0 Å². The molecule has 0 amide bonds. The molecule has 2 aromatic heterocycles. The molecule has 0 atom stereocenters.